The molecule has 1 aliphatic rings. The molecule has 20 heavy (non-hydrogen) atoms. The van der Waals surface area contributed by atoms with Crippen LogP contribution >= 0.6 is 0 Å². The highest BCUT2D eigenvalue weighted by molar-refractivity contribution is 5.95. The van der Waals surface area contributed by atoms with Crippen LogP contribution in [0.3, 0.4) is 0 Å². The fourth-order valence-corrected chi connectivity index (χ4v) is 2.55. The first-order chi connectivity index (χ1) is 9.70. The van der Waals surface area contributed by atoms with Crippen LogP contribution in [0.25, 0.3) is 0 Å². The molecule has 1 aromatic rings. The van der Waals surface area contributed by atoms with Crippen molar-refractivity contribution in [3.8, 4) is 6.07 Å². The van der Waals surface area contributed by atoms with Crippen LogP contribution in [0.1, 0.15) is 18.4 Å². The van der Waals surface area contributed by atoms with Gasteiger partial charge in [-0.3, -0.25) is 4.79 Å². The highest BCUT2D eigenvalue weighted by Gasteiger charge is 2.39. The smallest absolute Gasteiger partial charge is 0.233 e. The second kappa shape index (κ2) is 6.51. The normalized spacial score (nSPS) is 17.2. The Morgan fingerprint density at radius 3 is 2.90 bits per heavy atom. The molecule has 1 amide bonds. The maximum absolute atomic E-state index is 12.6. The molecule has 1 aromatic carbocycles. The van der Waals surface area contributed by atoms with Gasteiger partial charge in [0, 0.05) is 12.8 Å². The van der Waals surface area contributed by atoms with Crippen LogP contribution in [0.4, 0.5) is 5.69 Å². The Morgan fingerprint density at radius 1 is 1.50 bits per heavy atom. The monoisotopic (exact) mass is 273 g/mol. The SMILES string of the molecule is COCC1(C(=O)Nc2cccc(C#N)c2)CCNCC1. The molecule has 0 aromatic heterocycles. The van der Waals surface area contributed by atoms with Gasteiger partial charge in [-0.05, 0) is 44.1 Å². The number of piperidine rings is 1. The van der Waals surface area contributed by atoms with Crippen molar-refractivity contribution in [3.63, 3.8) is 0 Å². The maximum Gasteiger partial charge on any atom is 0.233 e. The zero-order valence-corrected chi connectivity index (χ0v) is 11.6. The summed E-state index contributed by atoms with van der Waals surface area (Å²) < 4.78 is 5.25. The van der Waals surface area contributed by atoms with E-state index in [0.29, 0.717) is 17.9 Å². The van der Waals surface area contributed by atoms with Crippen LogP contribution in [-0.2, 0) is 9.53 Å². The van der Waals surface area contributed by atoms with E-state index in [1.807, 2.05) is 0 Å². The molecule has 2 N–H and O–H groups in total. The average molecular weight is 273 g/mol. The molecular formula is C15H19N3O2. The first-order valence-corrected chi connectivity index (χ1v) is 6.71. The van der Waals surface area contributed by atoms with E-state index in [4.69, 9.17) is 10.00 Å². The van der Waals surface area contributed by atoms with Crippen molar-refractivity contribution < 1.29 is 9.53 Å². The van der Waals surface area contributed by atoms with E-state index in [9.17, 15) is 4.79 Å². The third-order valence-corrected chi connectivity index (χ3v) is 3.71. The number of anilines is 1. The minimum absolute atomic E-state index is 0.0315. The van der Waals surface area contributed by atoms with Gasteiger partial charge in [-0.25, -0.2) is 0 Å². The molecule has 1 fully saturated rings. The molecule has 0 spiro atoms. The summed E-state index contributed by atoms with van der Waals surface area (Å²) in [5, 5.41) is 15.1. The first kappa shape index (κ1) is 14.5. The Hall–Kier alpha value is -1.90. The number of carbonyl (C=O) groups is 1. The highest BCUT2D eigenvalue weighted by Crippen LogP contribution is 2.30. The molecule has 5 heteroatoms. The van der Waals surface area contributed by atoms with E-state index < -0.39 is 5.41 Å². The van der Waals surface area contributed by atoms with Gasteiger partial charge < -0.3 is 15.4 Å². The van der Waals surface area contributed by atoms with Gasteiger partial charge in [-0.2, -0.15) is 5.26 Å². The van der Waals surface area contributed by atoms with Crippen LogP contribution in [0.2, 0.25) is 0 Å². The fourth-order valence-electron chi connectivity index (χ4n) is 2.55. The molecule has 5 nitrogen and oxygen atoms in total. The lowest BCUT2D eigenvalue weighted by atomic mass is 9.78. The molecule has 0 saturated carbocycles. The molecule has 0 bridgehead atoms. The number of methoxy groups -OCH3 is 1. The summed E-state index contributed by atoms with van der Waals surface area (Å²) in [5.41, 5.74) is 0.708. The number of nitrogens with zero attached hydrogens (tertiary/aromatic N) is 1. The number of amides is 1. The number of hydrogen-bond acceptors (Lipinski definition) is 4. The molecule has 0 atom stereocenters. The molecule has 0 unspecified atom stereocenters. The molecule has 106 valence electrons. The van der Waals surface area contributed by atoms with Gasteiger partial charge >= 0.3 is 0 Å². The third-order valence-electron chi connectivity index (χ3n) is 3.71. The molecule has 0 aliphatic carbocycles. The van der Waals surface area contributed by atoms with Gasteiger partial charge in [-0.1, -0.05) is 6.07 Å². The zero-order chi connectivity index (χ0) is 14.4. The summed E-state index contributed by atoms with van der Waals surface area (Å²) in [4.78, 5) is 12.6. The van der Waals surface area contributed by atoms with Crippen molar-refractivity contribution in [3.05, 3.63) is 29.8 Å². The van der Waals surface area contributed by atoms with Crippen LogP contribution in [0, 0.1) is 16.7 Å². The van der Waals surface area contributed by atoms with Crippen LogP contribution in [0.15, 0.2) is 24.3 Å². The van der Waals surface area contributed by atoms with Crippen molar-refractivity contribution in [1.29, 1.82) is 5.26 Å². The molecular weight excluding hydrogens is 254 g/mol. The number of nitriles is 1. The molecule has 0 radical (unpaired) electrons. The Morgan fingerprint density at radius 2 is 2.25 bits per heavy atom. The van der Waals surface area contributed by atoms with Gasteiger partial charge in [0.25, 0.3) is 0 Å². The predicted molar refractivity (Wildman–Crippen MR) is 76.2 cm³/mol. The van der Waals surface area contributed by atoms with Gasteiger partial charge in [0.05, 0.1) is 23.7 Å². The number of rotatable bonds is 4. The van der Waals surface area contributed by atoms with Crippen molar-refractivity contribution in [1.82, 2.24) is 5.32 Å². The minimum atomic E-state index is -0.483. The Bertz CT molecular complexity index is 511. The lowest BCUT2D eigenvalue weighted by Gasteiger charge is -2.35. The fraction of sp³-hybridized carbons (Fsp3) is 0.467. The standard InChI is InChI=1S/C15H19N3O2/c1-20-11-15(5-7-17-8-6-15)14(19)18-13-4-2-3-12(9-13)10-16/h2-4,9,17H,5-8,11H2,1H3,(H,18,19). The lowest BCUT2D eigenvalue weighted by molar-refractivity contribution is -0.130. The second-order valence-electron chi connectivity index (χ2n) is 5.11. The van der Waals surface area contributed by atoms with E-state index in [1.54, 1.807) is 31.4 Å². The van der Waals surface area contributed by atoms with Crippen molar-refractivity contribution in [2.45, 2.75) is 12.8 Å². The van der Waals surface area contributed by atoms with E-state index in [-0.39, 0.29) is 5.91 Å². The number of ether oxygens (including phenoxy) is 1. The zero-order valence-electron chi connectivity index (χ0n) is 11.6. The predicted octanol–water partition coefficient (Wildman–Crippen LogP) is 1.51. The molecule has 1 saturated heterocycles. The Labute approximate surface area is 118 Å². The quantitative estimate of drug-likeness (QED) is 0.872. The van der Waals surface area contributed by atoms with Crippen LogP contribution in [-0.4, -0.2) is 32.7 Å². The van der Waals surface area contributed by atoms with E-state index in [0.717, 1.165) is 25.9 Å². The van der Waals surface area contributed by atoms with Gasteiger partial charge in [0.2, 0.25) is 5.91 Å². The van der Waals surface area contributed by atoms with Gasteiger partial charge in [0.1, 0.15) is 0 Å². The second-order valence-corrected chi connectivity index (χ2v) is 5.11. The van der Waals surface area contributed by atoms with Gasteiger partial charge in [0.15, 0.2) is 0 Å². The third kappa shape index (κ3) is 3.16. The summed E-state index contributed by atoms with van der Waals surface area (Å²) in [6.07, 6.45) is 1.51. The Kier molecular flexibility index (Phi) is 4.72. The summed E-state index contributed by atoms with van der Waals surface area (Å²) in [6.45, 7) is 2.04. The molecule has 2 rings (SSSR count). The van der Waals surface area contributed by atoms with Crippen LogP contribution in [0.5, 0.6) is 0 Å². The highest BCUT2D eigenvalue weighted by atomic mass is 16.5. The number of nitrogens with one attached hydrogen (secondary N) is 2. The van der Waals surface area contributed by atoms with E-state index >= 15 is 0 Å². The van der Waals surface area contributed by atoms with Crippen LogP contribution < -0.4 is 10.6 Å². The van der Waals surface area contributed by atoms with Crippen molar-refractivity contribution in [2.24, 2.45) is 5.41 Å². The summed E-state index contributed by atoms with van der Waals surface area (Å²) in [7, 11) is 1.62. The van der Waals surface area contributed by atoms with Crippen molar-refractivity contribution >= 4 is 11.6 Å². The molecule has 1 aliphatic heterocycles. The number of hydrogen-bond donors (Lipinski definition) is 2. The lowest BCUT2D eigenvalue weighted by Crippen LogP contribution is -2.47. The maximum atomic E-state index is 12.6. The Balaban J connectivity index is 2.14. The van der Waals surface area contributed by atoms with E-state index in [1.165, 1.54) is 0 Å². The summed E-state index contributed by atoms with van der Waals surface area (Å²) >= 11 is 0. The summed E-state index contributed by atoms with van der Waals surface area (Å²) in [6, 6.07) is 9.02. The minimum Gasteiger partial charge on any atom is -0.384 e. The average Bonchev–Trinajstić information content (AvgIpc) is 2.48. The topological polar surface area (TPSA) is 74.1 Å². The largest absolute Gasteiger partial charge is 0.384 e. The van der Waals surface area contributed by atoms with Crippen molar-refractivity contribution in [2.75, 3.05) is 32.1 Å². The number of benzene rings is 1. The van der Waals surface area contributed by atoms with Gasteiger partial charge in [-0.15, -0.1) is 0 Å². The summed E-state index contributed by atoms with van der Waals surface area (Å²) in [5.74, 6) is -0.0315. The van der Waals surface area contributed by atoms with E-state index in [2.05, 4.69) is 16.7 Å². The number of carbonyl (C=O) groups excluding carboxylic acids is 1. The first-order valence-electron chi connectivity index (χ1n) is 6.71. The molecule has 1 heterocycles.